The van der Waals surface area contributed by atoms with Crippen molar-refractivity contribution in [2.75, 3.05) is 0 Å². The molecule has 2 rings (SSSR count). The largest absolute Gasteiger partial charge is 0.368 e. The fourth-order valence-electron chi connectivity index (χ4n) is 2.04. The van der Waals surface area contributed by atoms with Crippen LogP contribution in [-0.2, 0) is 0 Å². The number of nitrogens with zero attached hydrogens (tertiary/aromatic N) is 4. The fraction of sp³-hybridized carbons (Fsp3) is 0.389. The van der Waals surface area contributed by atoms with E-state index in [2.05, 4.69) is 30.3 Å². The van der Waals surface area contributed by atoms with Gasteiger partial charge in [0.05, 0.1) is 0 Å². The molecule has 1 aromatic rings. The molecule has 0 aliphatic carbocycles. The van der Waals surface area contributed by atoms with Crippen LogP contribution in [-0.4, -0.2) is 27.5 Å². The van der Waals surface area contributed by atoms with Crippen LogP contribution in [0.25, 0.3) is 0 Å². The zero-order valence-corrected chi connectivity index (χ0v) is 14.3. The van der Waals surface area contributed by atoms with Crippen molar-refractivity contribution in [3.63, 3.8) is 0 Å². The number of amidine groups is 1. The van der Waals surface area contributed by atoms with E-state index in [0.717, 1.165) is 23.7 Å². The Hall–Kier alpha value is -2.43. The van der Waals surface area contributed by atoms with Gasteiger partial charge in [0.2, 0.25) is 0 Å². The summed E-state index contributed by atoms with van der Waals surface area (Å²) in [6.45, 7) is 8.32. The van der Waals surface area contributed by atoms with Crippen LogP contribution in [0.2, 0.25) is 0 Å². The molecule has 0 fully saturated rings. The minimum Gasteiger partial charge on any atom is -0.368 e. The molecule has 0 radical (unpaired) electrons. The topological polar surface area (TPSA) is 54.6 Å². The lowest BCUT2D eigenvalue weighted by Gasteiger charge is -2.13. The summed E-state index contributed by atoms with van der Waals surface area (Å²) in [5.74, 6) is 2.45. The van der Waals surface area contributed by atoms with Gasteiger partial charge in [0, 0.05) is 24.9 Å². The van der Waals surface area contributed by atoms with Crippen LogP contribution < -0.4 is 5.32 Å². The third-order valence-electron chi connectivity index (χ3n) is 3.61. The molecule has 5 heteroatoms. The first-order chi connectivity index (χ1) is 11.1. The predicted molar refractivity (Wildman–Crippen MR) is 96.7 cm³/mol. The van der Waals surface area contributed by atoms with Crippen LogP contribution >= 0.6 is 0 Å². The van der Waals surface area contributed by atoms with Crippen molar-refractivity contribution in [2.24, 2.45) is 9.98 Å². The highest BCUT2D eigenvalue weighted by atomic mass is 15.3. The van der Waals surface area contributed by atoms with E-state index in [1.807, 2.05) is 44.3 Å². The SMILES string of the molecule is C/C=C\C=C(/C)C1=NC(NC(C)CC)=CCC(n2cccn2)=N1. The zero-order chi connectivity index (χ0) is 16.7. The van der Waals surface area contributed by atoms with Crippen molar-refractivity contribution in [1.29, 1.82) is 0 Å². The molecule has 23 heavy (non-hydrogen) atoms. The van der Waals surface area contributed by atoms with Crippen LogP contribution in [0, 0.1) is 0 Å². The number of hydrogen-bond acceptors (Lipinski definition) is 4. The number of nitrogens with one attached hydrogen (secondary N) is 1. The van der Waals surface area contributed by atoms with Gasteiger partial charge in [-0.05, 0) is 44.9 Å². The maximum atomic E-state index is 4.73. The molecule has 5 nitrogen and oxygen atoms in total. The van der Waals surface area contributed by atoms with Crippen LogP contribution in [0.4, 0.5) is 0 Å². The van der Waals surface area contributed by atoms with Gasteiger partial charge in [0.25, 0.3) is 0 Å². The van der Waals surface area contributed by atoms with Crippen molar-refractivity contribution in [2.45, 2.75) is 46.6 Å². The maximum Gasteiger partial charge on any atom is 0.159 e. The summed E-state index contributed by atoms with van der Waals surface area (Å²) in [4.78, 5) is 9.44. The lowest BCUT2D eigenvalue weighted by molar-refractivity contribution is 0.591. The van der Waals surface area contributed by atoms with E-state index in [1.165, 1.54) is 0 Å². The van der Waals surface area contributed by atoms with E-state index >= 15 is 0 Å². The second kappa shape index (κ2) is 8.27. The van der Waals surface area contributed by atoms with Gasteiger partial charge in [-0.2, -0.15) is 5.10 Å². The second-order valence-electron chi connectivity index (χ2n) is 5.54. The smallest absolute Gasteiger partial charge is 0.159 e. The average Bonchev–Trinajstić information content (AvgIpc) is 3.01. The number of aliphatic imine (C=N–C) groups is 2. The van der Waals surface area contributed by atoms with Crippen LogP contribution in [0.5, 0.6) is 0 Å². The highest BCUT2D eigenvalue weighted by Crippen LogP contribution is 2.12. The Bertz CT molecular complexity index is 660. The number of allylic oxidation sites excluding steroid dienone is 4. The molecular weight excluding hydrogens is 286 g/mol. The van der Waals surface area contributed by atoms with E-state index in [9.17, 15) is 0 Å². The molecule has 1 aromatic heterocycles. The lowest BCUT2D eigenvalue weighted by Crippen LogP contribution is -2.24. The molecule has 0 spiro atoms. The van der Waals surface area contributed by atoms with E-state index < -0.39 is 0 Å². The zero-order valence-electron chi connectivity index (χ0n) is 14.3. The number of rotatable bonds is 5. The van der Waals surface area contributed by atoms with Crippen LogP contribution in [0.1, 0.15) is 40.5 Å². The molecule has 0 saturated heterocycles. The molecule has 0 saturated carbocycles. The summed E-state index contributed by atoms with van der Waals surface area (Å²) in [7, 11) is 0. The van der Waals surface area contributed by atoms with Crippen LogP contribution in [0.15, 0.2) is 64.1 Å². The summed E-state index contributed by atoms with van der Waals surface area (Å²) in [5, 5.41) is 7.73. The third kappa shape index (κ3) is 4.77. The standard InChI is InChI=1S/C18H25N5/c1-5-7-9-14(3)18-21-16(20-15(4)6-2)10-11-17(22-18)23-13-8-12-19-23/h5,7-10,12-13,15,20H,6,11H2,1-4H3/b7-5-,14-9+. The van der Waals surface area contributed by atoms with Crippen molar-refractivity contribution in [3.05, 3.63) is 54.2 Å². The highest BCUT2D eigenvalue weighted by molar-refractivity contribution is 6.07. The summed E-state index contributed by atoms with van der Waals surface area (Å²) in [6.07, 6.45) is 13.5. The fourth-order valence-corrected chi connectivity index (χ4v) is 2.04. The lowest BCUT2D eigenvalue weighted by atomic mass is 10.2. The first-order valence-electron chi connectivity index (χ1n) is 8.07. The first-order valence-corrected chi connectivity index (χ1v) is 8.07. The molecule has 0 aromatic carbocycles. The minimum atomic E-state index is 0.373. The Morgan fingerprint density at radius 3 is 2.91 bits per heavy atom. The van der Waals surface area contributed by atoms with Crippen molar-refractivity contribution in [1.82, 2.24) is 15.1 Å². The summed E-state index contributed by atoms with van der Waals surface area (Å²) >= 11 is 0. The minimum absolute atomic E-state index is 0.373. The van der Waals surface area contributed by atoms with Crippen molar-refractivity contribution >= 4 is 11.7 Å². The Balaban J connectivity index is 2.37. The Labute approximate surface area is 138 Å². The van der Waals surface area contributed by atoms with E-state index in [0.29, 0.717) is 18.3 Å². The predicted octanol–water partition coefficient (Wildman–Crippen LogP) is 3.68. The molecule has 2 heterocycles. The van der Waals surface area contributed by atoms with Gasteiger partial charge >= 0.3 is 0 Å². The van der Waals surface area contributed by atoms with E-state index in [4.69, 9.17) is 9.98 Å². The van der Waals surface area contributed by atoms with Crippen molar-refractivity contribution in [3.8, 4) is 0 Å². The second-order valence-corrected chi connectivity index (χ2v) is 5.54. The normalized spacial score (nSPS) is 17.4. The van der Waals surface area contributed by atoms with Crippen molar-refractivity contribution < 1.29 is 0 Å². The summed E-state index contributed by atoms with van der Waals surface area (Å²) in [6, 6.07) is 2.27. The van der Waals surface area contributed by atoms with E-state index in [1.54, 1.807) is 10.9 Å². The molecule has 122 valence electrons. The quantitative estimate of drug-likeness (QED) is 0.843. The van der Waals surface area contributed by atoms with Gasteiger partial charge in [0.1, 0.15) is 11.7 Å². The molecule has 1 aliphatic rings. The van der Waals surface area contributed by atoms with Gasteiger partial charge < -0.3 is 5.32 Å². The third-order valence-corrected chi connectivity index (χ3v) is 3.61. The van der Waals surface area contributed by atoms with Gasteiger partial charge in [0.15, 0.2) is 5.84 Å². The molecule has 1 atom stereocenters. The maximum absolute atomic E-state index is 4.73. The Morgan fingerprint density at radius 2 is 2.26 bits per heavy atom. The number of hydrogen-bond donors (Lipinski definition) is 1. The average molecular weight is 311 g/mol. The molecular formula is C18H25N5. The van der Waals surface area contributed by atoms with Gasteiger partial charge in [-0.15, -0.1) is 0 Å². The van der Waals surface area contributed by atoms with E-state index in [-0.39, 0.29) is 0 Å². The van der Waals surface area contributed by atoms with Gasteiger partial charge in [-0.1, -0.05) is 25.2 Å². The molecule has 1 aliphatic heterocycles. The molecule has 0 amide bonds. The molecule has 1 unspecified atom stereocenters. The Kier molecular flexibility index (Phi) is 6.09. The number of aromatic nitrogens is 2. The molecule has 1 N–H and O–H groups in total. The Morgan fingerprint density at radius 1 is 1.43 bits per heavy atom. The summed E-state index contributed by atoms with van der Waals surface area (Å²) < 4.78 is 1.79. The van der Waals surface area contributed by atoms with Crippen LogP contribution in [0.3, 0.4) is 0 Å². The van der Waals surface area contributed by atoms with Gasteiger partial charge in [-0.3, -0.25) is 0 Å². The highest BCUT2D eigenvalue weighted by Gasteiger charge is 2.12. The van der Waals surface area contributed by atoms with Gasteiger partial charge in [-0.25, -0.2) is 14.7 Å². The first kappa shape index (κ1) is 16.9. The monoisotopic (exact) mass is 311 g/mol. The molecule has 0 bridgehead atoms. The summed E-state index contributed by atoms with van der Waals surface area (Å²) in [5.41, 5.74) is 1.02.